The van der Waals surface area contributed by atoms with Crippen LogP contribution in [0.1, 0.15) is 13.3 Å². The van der Waals surface area contributed by atoms with Gasteiger partial charge in [-0.05, 0) is 26.9 Å². The number of nitrogens with zero attached hydrogens (tertiary/aromatic N) is 3. The molecule has 1 N–H and O–H groups in total. The second kappa shape index (κ2) is 6.08. The lowest BCUT2D eigenvalue weighted by molar-refractivity contribution is 0.151. The van der Waals surface area contributed by atoms with Crippen LogP contribution in [0.25, 0.3) is 0 Å². The Morgan fingerprint density at radius 1 is 1.27 bits per heavy atom. The van der Waals surface area contributed by atoms with Crippen molar-refractivity contribution in [2.45, 2.75) is 13.3 Å². The molecule has 0 aromatic rings. The highest BCUT2D eigenvalue weighted by molar-refractivity contribution is 5.75. The average molecular weight is 212 g/mol. The smallest absolute Gasteiger partial charge is 0.0923 e. The minimum Gasteiger partial charge on any atom is -0.364 e. The molecular weight excluding hydrogens is 188 g/mol. The molecule has 1 aliphatic rings. The first-order chi connectivity index (χ1) is 7.09. The van der Waals surface area contributed by atoms with Crippen molar-refractivity contribution in [3.8, 4) is 0 Å². The van der Waals surface area contributed by atoms with Gasteiger partial charge in [0.05, 0.1) is 5.84 Å². The molecule has 15 heavy (non-hydrogen) atoms. The zero-order valence-electron chi connectivity index (χ0n) is 10.3. The van der Waals surface area contributed by atoms with Gasteiger partial charge in [-0.2, -0.15) is 0 Å². The fourth-order valence-electron chi connectivity index (χ4n) is 1.77. The van der Waals surface area contributed by atoms with Crippen molar-refractivity contribution >= 4 is 5.84 Å². The van der Waals surface area contributed by atoms with E-state index in [2.05, 4.69) is 16.8 Å². The largest absolute Gasteiger partial charge is 0.364 e. The Hall–Kier alpha value is -0.610. The summed E-state index contributed by atoms with van der Waals surface area (Å²) in [5.74, 6) is 0.661. The van der Waals surface area contributed by atoms with Gasteiger partial charge in [0, 0.05) is 39.8 Å². The summed E-state index contributed by atoms with van der Waals surface area (Å²) in [5, 5.41) is 7.46. The van der Waals surface area contributed by atoms with Gasteiger partial charge in [0.15, 0.2) is 0 Å². The molecule has 4 nitrogen and oxygen atoms in total. The van der Waals surface area contributed by atoms with E-state index in [1.54, 1.807) is 0 Å². The molecule has 4 heteroatoms. The number of piperazine rings is 1. The number of rotatable bonds is 4. The minimum atomic E-state index is 0.661. The molecular formula is C11H24N4. The quantitative estimate of drug-likeness (QED) is 0.546. The van der Waals surface area contributed by atoms with E-state index in [9.17, 15) is 0 Å². The molecule has 0 aromatic carbocycles. The minimum absolute atomic E-state index is 0.661. The SMILES string of the molecule is CC(=N)N(C)CCCN1CCN(C)CC1. The molecule has 0 aromatic heterocycles. The van der Waals surface area contributed by atoms with Crippen molar-refractivity contribution in [3.05, 3.63) is 0 Å². The fourth-order valence-corrected chi connectivity index (χ4v) is 1.77. The number of amidine groups is 1. The van der Waals surface area contributed by atoms with Crippen molar-refractivity contribution < 1.29 is 0 Å². The predicted octanol–water partition coefficient (Wildman–Crippen LogP) is 0.553. The molecule has 1 aliphatic heterocycles. The number of likely N-dealkylation sites (N-methyl/N-ethyl adjacent to an activating group) is 1. The maximum Gasteiger partial charge on any atom is 0.0923 e. The van der Waals surface area contributed by atoms with E-state index in [0.29, 0.717) is 5.84 Å². The maximum atomic E-state index is 7.46. The molecule has 0 unspecified atom stereocenters. The summed E-state index contributed by atoms with van der Waals surface area (Å²) >= 11 is 0. The van der Waals surface area contributed by atoms with Crippen LogP contribution in [0.5, 0.6) is 0 Å². The average Bonchev–Trinajstić information content (AvgIpc) is 2.20. The predicted molar refractivity (Wildman–Crippen MR) is 64.6 cm³/mol. The molecule has 1 fully saturated rings. The third-order valence-corrected chi connectivity index (χ3v) is 3.14. The van der Waals surface area contributed by atoms with E-state index in [1.165, 1.54) is 32.7 Å². The monoisotopic (exact) mass is 212 g/mol. The summed E-state index contributed by atoms with van der Waals surface area (Å²) < 4.78 is 0. The van der Waals surface area contributed by atoms with Crippen molar-refractivity contribution in [2.75, 3.05) is 53.4 Å². The van der Waals surface area contributed by atoms with Gasteiger partial charge in [0.2, 0.25) is 0 Å². The first-order valence-electron chi connectivity index (χ1n) is 5.77. The number of hydrogen-bond donors (Lipinski definition) is 1. The Bertz CT molecular complexity index is 197. The highest BCUT2D eigenvalue weighted by Gasteiger charge is 2.12. The van der Waals surface area contributed by atoms with Crippen LogP contribution in [-0.4, -0.2) is 73.9 Å². The van der Waals surface area contributed by atoms with Crippen molar-refractivity contribution in [2.24, 2.45) is 0 Å². The first-order valence-corrected chi connectivity index (χ1v) is 5.77. The fraction of sp³-hybridized carbons (Fsp3) is 0.909. The van der Waals surface area contributed by atoms with Gasteiger partial charge in [-0.3, -0.25) is 5.41 Å². The van der Waals surface area contributed by atoms with Crippen LogP contribution in [0.3, 0.4) is 0 Å². The van der Waals surface area contributed by atoms with Gasteiger partial charge in [-0.1, -0.05) is 0 Å². The summed E-state index contributed by atoms with van der Waals surface area (Å²) in [6, 6.07) is 0. The van der Waals surface area contributed by atoms with Crippen LogP contribution in [-0.2, 0) is 0 Å². The standard InChI is InChI=1S/C11H24N4/c1-11(12)14(3)5-4-6-15-9-7-13(2)8-10-15/h12H,4-10H2,1-3H3. The molecule has 0 spiro atoms. The van der Waals surface area contributed by atoms with Crippen LogP contribution >= 0.6 is 0 Å². The zero-order valence-corrected chi connectivity index (χ0v) is 10.3. The van der Waals surface area contributed by atoms with Gasteiger partial charge in [0.1, 0.15) is 0 Å². The second-order valence-corrected chi connectivity index (χ2v) is 4.51. The Labute approximate surface area is 93.3 Å². The Morgan fingerprint density at radius 3 is 2.40 bits per heavy atom. The van der Waals surface area contributed by atoms with Crippen LogP contribution < -0.4 is 0 Å². The molecule has 1 rings (SSSR count). The van der Waals surface area contributed by atoms with Crippen LogP contribution in [0.4, 0.5) is 0 Å². The summed E-state index contributed by atoms with van der Waals surface area (Å²) in [4.78, 5) is 6.91. The summed E-state index contributed by atoms with van der Waals surface area (Å²) in [6.45, 7) is 8.80. The van der Waals surface area contributed by atoms with E-state index in [0.717, 1.165) is 13.0 Å². The highest BCUT2D eigenvalue weighted by atomic mass is 15.2. The summed E-state index contributed by atoms with van der Waals surface area (Å²) in [5.41, 5.74) is 0. The summed E-state index contributed by atoms with van der Waals surface area (Å²) in [6.07, 6.45) is 1.16. The van der Waals surface area contributed by atoms with Crippen molar-refractivity contribution in [3.63, 3.8) is 0 Å². The van der Waals surface area contributed by atoms with Gasteiger partial charge < -0.3 is 14.7 Å². The topological polar surface area (TPSA) is 33.6 Å². The van der Waals surface area contributed by atoms with E-state index in [1.807, 2.05) is 18.9 Å². The molecule has 0 bridgehead atoms. The Morgan fingerprint density at radius 2 is 1.87 bits per heavy atom. The number of nitrogens with one attached hydrogen (secondary N) is 1. The third-order valence-electron chi connectivity index (χ3n) is 3.14. The molecule has 0 aliphatic carbocycles. The number of hydrogen-bond acceptors (Lipinski definition) is 3. The zero-order chi connectivity index (χ0) is 11.3. The van der Waals surface area contributed by atoms with Crippen LogP contribution in [0, 0.1) is 5.41 Å². The van der Waals surface area contributed by atoms with Gasteiger partial charge in [0.25, 0.3) is 0 Å². The molecule has 88 valence electrons. The lowest BCUT2D eigenvalue weighted by Gasteiger charge is -2.32. The normalized spacial score (nSPS) is 19.1. The van der Waals surface area contributed by atoms with Crippen molar-refractivity contribution in [1.82, 2.24) is 14.7 Å². The lowest BCUT2D eigenvalue weighted by atomic mass is 10.3. The third kappa shape index (κ3) is 4.62. The Kier molecular flexibility index (Phi) is 5.05. The molecule has 1 saturated heterocycles. The van der Waals surface area contributed by atoms with Crippen LogP contribution in [0.15, 0.2) is 0 Å². The molecule has 1 heterocycles. The van der Waals surface area contributed by atoms with Gasteiger partial charge in [-0.15, -0.1) is 0 Å². The molecule has 0 amide bonds. The second-order valence-electron chi connectivity index (χ2n) is 4.51. The lowest BCUT2D eigenvalue weighted by Crippen LogP contribution is -2.45. The van der Waals surface area contributed by atoms with E-state index >= 15 is 0 Å². The van der Waals surface area contributed by atoms with E-state index in [-0.39, 0.29) is 0 Å². The van der Waals surface area contributed by atoms with E-state index in [4.69, 9.17) is 5.41 Å². The van der Waals surface area contributed by atoms with Crippen molar-refractivity contribution in [1.29, 1.82) is 5.41 Å². The summed E-state index contributed by atoms with van der Waals surface area (Å²) in [7, 11) is 4.18. The Balaban J connectivity index is 2.07. The van der Waals surface area contributed by atoms with E-state index < -0.39 is 0 Å². The van der Waals surface area contributed by atoms with Gasteiger partial charge in [-0.25, -0.2) is 0 Å². The first kappa shape index (κ1) is 12.5. The molecule has 0 atom stereocenters. The molecule has 0 radical (unpaired) electrons. The molecule has 0 saturated carbocycles. The maximum absolute atomic E-state index is 7.46. The highest BCUT2D eigenvalue weighted by Crippen LogP contribution is 2.00. The van der Waals surface area contributed by atoms with Gasteiger partial charge >= 0.3 is 0 Å². The van der Waals surface area contributed by atoms with Crippen LogP contribution in [0.2, 0.25) is 0 Å².